The second kappa shape index (κ2) is 8.31. The molecular weight excluding hydrogens is 330 g/mol. The van der Waals surface area contributed by atoms with Crippen LogP contribution in [0.25, 0.3) is 0 Å². The zero-order valence-electron chi connectivity index (χ0n) is 15.9. The Balaban J connectivity index is 1.60. The number of aliphatic hydroxyl groups excluding tert-OH is 1. The fourth-order valence-corrected chi connectivity index (χ4v) is 4.23. The minimum atomic E-state index is 0.0413. The Labute approximate surface area is 155 Å². The highest BCUT2D eigenvalue weighted by molar-refractivity contribution is 5.77. The first-order valence-corrected chi connectivity index (χ1v) is 9.68. The highest BCUT2D eigenvalue weighted by atomic mass is 16.3. The van der Waals surface area contributed by atoms with Crippen molar-refractivity contribution in [2.75, 3.05) is 38.1 Å². The van der Waals surface area contributed by atoms with E-state index in [2.05, 4.69) is 34.0 Å². The van der Waals surface area contributed by atoms with Gasteiger partial charge in [0, 0.05) is 62.0 Å². The fourth-order valence-electron chi connectivity index (χ4n) is 4.23. The van der Waals surface area contributed by atoms with Crippen LogP contribution in [-0.4, -0.2) is 69.6 Å². The normalized spacial score (nSPS) is 24.5. The Morgan fingerprint density at radius 3 is 2.73 bits per heavy atom. The van der Waals surface area contributed by atoms with Crippen molar-refractivity contribution >= 4 is 11.9 Å². The van der Waals surface area contributed by atoms with Gasteiger partial charge in [-0.2, -0.15) is 0 Å². The summed E-state index contributed by atoms with van der Waals surface area (Å²) >= 11 is 0. The zero-order chi connectivity index (χ0) is 18.6. The molecule has 2 aliphatic rings. The Morgan fingerprint density at radius 1 is 1.27 bits per heavy atom. The van der Waals surface area contributed by atoms with Crippen LogP contribution in [0.1, 0.15) is 45.1 Å². The van der Waals surface area contributed by atoms with Gasteiger partial charge in [-0.3, -0.25) is 9.69 Å². The van der Waals surface area contributed by atoms with Gasteiger partial charge in [0.2, 0.25) is 11.9 Å². The molecular formula is C19H31N5O2. The van der Waals surface area contributed by atoms with Crippen molar-refractivity contribution in [3.63, 3.8) is 0 Å². The van der Waals surface area contributed by atoms with Crippen molar-refractivity contribution in [2.45, 2.75) is 52.1 Å². The topological polar surface area (TPSA) is 81.6 Å². The van der Waals surface area contributed by atoms with E-state index in [1.54, 1.807) is 0 Å². The number of β-amino-alcohol motifs (C(OH)–C–C–N with tert-alkyl or cyclic N) is 1. The summed E-state index contributed by atoms with van der Waals surface area (Å²) in [6, 6.07) is 0.318. The highest BCUT2D eigenvalue weighted by Gasteiger charge is 2.41. The van der Waals surface area contributed by atoms with Gasteiger partial charge in [-0.1, -0.05) is 0 Å². The number of hydrogen-bond acceptors (Lipinski definition) is 6. The minimum absolute atomic E-state index is 0.0413. The van der Waals surface area contributed by atoms with Gasteiger partial charge in [-0.05, 0) is 39.7 Å². The summed E-state index contributed by atoms with van der Waals surface area (Å²) < 4.78 is 0. The lowest BCUT2D eigenvalue weighted by atomic mass is 9.73. The molecule has 1 aromatic rings. The van der Waals surface area contributed by atoms with E-state index < -0.39 is 0 Å². The van der Waals surface area contributed by atoms with E-state index in [9.17, 15) is 9.90 Å². The molecule has 3 rings (SSSR count). The third kappa shape index (κ3) is 4.71. The molecule has 0 bridgehead atoms. The van der Waals surface area contributed by atoms with Crippen molar-refractivity contribution in [2.24, 2.45) is 5.41 Å². The Hall–Kier alpha value is -1.73. The third-order valence-electron chi connectivity index (χ3n) is 5.39. The highest BCUT2D eigenvalue weighted by Crippen LogP contribution is 2.39. The van der Waals surface area contributed by atoms with E-state index in [-0.39, 0.29) is 17.9 Å². The molecule has 2 N–H and O–H groups in total. The third-order valence-corrected chi connectivity index (χ3v) is 5.39. The number of hydrogen-bond donors (Lipinski definition) is 2. The smallest absolute Gasteiger partial charge is 0.222 e. The van der Waals surface area contributed by atoms with Gasteiger partial charge in [-0.25, -0.2) is 9.97 Å². The largest absolute Gasteiger partial charge is 0.395 e. The number of nitrogens with one attached hydrogen (secondary N) is 1. The molecule has 26 heavy (non-hydrogen) atoms. The van der Waals surface area contributed by atoms with Crippen LogP contribution in [0.5, 0.6) is 0 Å². The number of nitrogens with zero attached hydrogens (tertiary/aromatic N) is 4. The van der Waals surface area contributed by atoms with Crippen LogP contribution in [0, 0.1) is 5.41 Å². The molecule has 3 heterocycles. The van der Waals surface area contributed by atoms with Crippen LogP contribution in [-0.2, 0) is 11.3 Å². The first-order chi connectivity index (χ1) is 12.5. The molecule has 2 saturated heterocycles. The zero-order valence-corrected chi connectivity index (χ0v) is 15.9. The van der Waals surface area contributed by atoms with Gasteiger partial charge in [-0.15, -0.1) is 0 Å². The van der Waals surface area contributed by atoms with Crippen LogP contribution in [0.3, 0.4) is 0 Å². The molecule has 7 nitrogen and oxygen atoms in total. The lowest BCUT2D eigenvalue weighted by Crippen LogP contribution is -2.54. The van der Waals surface area contributed by atoms with E-state index in [1.165, 1.54) is 0 Å². The number of anilines is 1. The number of carbonyl (C=O) groups excluding carboxylic acids is 1. The lowest BCUT2D eigenvalue weighted by molar-refractivity contribution is -0.140. The summed E-state index contributed by atoms with van der Waals surface area (Å²) in [5.41, 5.74) is 1.29. The standard InChI is InChI=1S/C19H31N5O2/c1-15(2)22-18-20-10-16(11-21-18)12-23-7-3-5-19(13-23)6-4-17(26)24(14-19)8-9-25/h10-11,15,25H,3-9,12-14H2,1-2H3,(H,20,21,22)/t19-/m0/s1. The molecule has 0 saturated carbocycles. The molecule has 0 aliphatic carbocycles. The molecule has 2 aliphatic heterocycles. The van der Waals surface area contributed by atoms with Gasteiger partial charge in [0.25, 0.3) is 0 Å². The van der Waals surface area contributed by atoms with E-state index in [0.717, 1.165) is 51.0 Å². The average Bonchev–Trinajstić information content (AvgIpc) is 2.60. The first-order valence-electron chi connectivity index (χ1n) is 9.68. The number of aliphatic hydroxyl groups is 1. The predicted molar refractivity (Wildman–Crippen MR) is 101 cm³/mol. The van der Waals surface area contributed by atoms with E-state index >= 15 is 0 Å². The number of amides is 1. The summed E-state index contributed by atoms with van der Waals surface area (Å²) in [5, 5.41) is 12.4. The minimum Gasteiger partial charge on any atom is -0.395 e. The van der Waals surface area contributed by atoms with Gasteiger partial charge < -0.3 is 15.3 Å². The number of rotatable bonds is 6. The quantitative estimate of drug-likeness (QED) is 0.799. The Kier molecular flexibility index (Phi) is 6.09. The summed E-state index contributed by atoms with van der Waals surface area (Å²) in [4.78, 5) is 25.2. The SMILES string of the molecule is CC(C)Nc1ncc(CN2CCC[C@]3(CCC(=O)N(CCO)C3)C2)cn1. The average molecular weight is 361 g/mol. The maximum Gasteiger partial charge on any atom is 0.222 e. The van der Waals surface area contributed by atoms with Crippen molar-refractivity contribution in [1.82, 2.24) is 19.8 Å². The maximum atomic E-state index is 12.1. The van der Waals surface area contributed by atoms with Crippen LogP contribution in [0.15, 0.2) is 12.4 Å². The Morgan fingerprint density at radius 2 is 2.04 bits per heavy atom. The molecule has 1 aromatic heterocycles. The summed E-state index contributed by atoms with van der Waals surface area (Å²) in [6.07, 6.45) is 7.68. The molecule has 7 heteroatoms. The fraction of sp³-hybridized carbons (Fsp3) is 0.737. The lowest BCUT2D eigenvalue weighted by Gasteiger charge is -2.48. The Bertz CT molecular complexity index is 606. The molecule has 0 radical (unpaired) electrons. The molecule has 2 fully saturated rings. The summed E-state index contributed by atoms with van der Waals surface area (Å²) in [5.74, 6) is 0.854. The number of piperidine rings is 2. The molecule has 1 atom stereocenters. The molecule has 0 aromatic carbocycles. The van der Waals surface area contributed by atoms with Gasteiger partial charge in [0.1, 0.15) is 0 Å². The predicted octanol–water partition coefficient (Wildman–Crippen LogP) is 1.49. The number of likely N-dealkylation sites (tertiary alicyclic amines) is 2. The van der Waals surface area contributed by atoms with Crippen LogP contribution >= 0.6 is 0 Å². The number of carbonyl (C=O) groups is 1. The molecule has 0 unspecified atom stereocenters. The second-order valence-electron chi connectivity index (χ2n) is 8.07. The van der Waals surface area contributed by atoms with Crippen molar-refractivity contribution < 1.29 is 9.90 Å². The van der Waals surface area contributed by atoms with E-state index in [0.29, 0.717) is 25.0 Å². The van der Waals surface area contributed by atoms with Crippen LogP contribution < -0.4 is 5.32 Å². The van der Waals surface area contributed by atoms with E-state index in [1.807, 2.05) is 17.3 Å². The van der Waals surface area contributed by atoms with Crippen molar-refractivity contribution in [3.8, 4) is 0 Å². The molecule has 144 valence electrons. The molecule has 1 spiro atoms. The maximum absolute atomic E-state index is 12.1. The monoisotopic (exact) mass is 361 g/mol. The van der Waals surface area contributed by atoms with Gasteiger partial charge >= 0.3 is 0 Å². The number of aromatic nitrogens is 2. The molecule has 1 amide bonds. The van der Waals surface area contributed by atoms with Gasteiger partial charge in [0.15, 0.2) is 0 Å². The summed E-state index contributed by atoms with van der Waals surface area (Å²) in [6.45, 7) is 8.32. The van der Waals surface area contributed by atoms with Crippen LogP contribution in [0.2, 0.25) is 0 Å². The van der Waals surface area contributed by atoms with Crippen LogP contribution in [0.4, 0.5) is 5.95 Å². The summed E-state index contributed by atoms with van der Waals surface area (Å²) in [7, 11) is 0. The second-order valence-corrected chi connectivity index (χ2v) is 8.07. The van der Waals surface area contributed by atoms with Crippen molar-refractivity contribution in [1.29, 1.82) is 0 Å². The van der Waals surface area contributed by atoms with Crippen molar-refractivity contribution in [3.05, 3.63) is 18.0 Å². The van der Waals surface area contributed by atoms with Gasteiger partial charge in [0.05, 0.1) is 6.61 Å². The first kappa shape index (κ1) is 19.0. The van der Waals surface area contributed by atoms with E-state index in [4.69, 9.17) is 0 Å².